The minimum atomic E-state index is -0.485. The molecule has 0 unspecified atom stereocenters. The van der Waals surface area contributed by atoms with Crippen molar-refractivity contribution < 1.29 is 23.9 Å². The molecule has 1 aliphatic rings. The summed E-state index contributed by atoms with van der Waals surface area (Å²) in [7, 11) is 1.29. The van der Waals surface area contributed by atoms with E-state index in [2.05, 4.69) is 15.4 Å². The number of ether oxygens (including phenoxy) is 2. The number of fused-ring (bicyclic) bond motifs is 2. The van der Waals surface area contributed by atoms with Gasteiger partial charge in [0.15, 0.2) is 5.75 Å². The Morgan fingerprint density at radius 1 is 0.967 bits per heavy atom. The average molecular weight is 423 g/mol. The van der Waals surface area contributed by atoms with Gasteiger partial charge in [-0.2, -0.15) is 0 Å². The average Bonchev–Trinajstić information content (AvgIpc) is 2.88. The molecule has 0 aromatic heterocycles. The van der Waals surface area contributed by atoms with Crippen molar-refractivity contribution in [3.63, 3.8) is 0 Å². The second kappa shape index (κ2) is 7.88. The lowest BCUT2D eigenvalue weighted by Crippen LogP contribution is -2.14. The highest BCUT2D eigenvalue weighted by atomic mass is 35.5. The van der Waals surface area contributed by atoms with Gasteiger partial charge >= 0.3 is 5.97 Å². The summed E-state index contributed by atoms with van der Waals surface area (Å²) in [5, 5.41) is 5.95. The topological polar surface area (TPSA) is 93.7 Å². The molecule has 0 saturated carbocycles. The highest BCUT2D eigenvalue weighted by Crippen LogP contribution is 2.37. The Labute approximate surface area is 176 Å². The summed E-state index contributed by atoms with van der Waals surface area (Å²) in [6, 6.07) is 15.7. The van der Waals surface area contributed by atoms with Crippen molar-refractivity contribution in [3.05, 3.63) is 82.4 Å². The van der Waals surface area contributed by atoms with E-state index in [0.29, 0.717) is 39.0 Å². The zero-order valence-electron chi connectivity index (χ0n) is 15.7. The Bertz CT molecular complexity index is 1170. The van der Waals surface area contributed by atoms with E-state index in [9.17, 15) is 14.4 Å². The van der Waals surface area contributed by atoms with Crippen LogP contribution in [0.25, 0.3) is 0 Å². The van der Waals surface area contributed by atoms with Crippen molar-refractivity contribution in [1.82, 2.24) is 0 Å². The molecular weight excluding hydrogens is 408 g/mol. The molecule has 4 rings (SSSR count). The number of rotatable bonds is 3. The lowest BCUT2D eigenvalue weighted by Gasteiger charge is -2.10. The molecule has 3 aromatic carbocycles. The lowest BCUT2D eigenvalue weighted by atomic mass is 10.1. The first-order chi connectivity index (χ1) is 14.4. The Hall–Kier alpha value is -3.84. The van der Waals surface area contributed by atoms with Crippen LogP contribution >= 0.6 is 11.6 Å². The Morgan fingerprint density at radius 2 is 1.67 bits per heavy atom. The number of amides is 2. The molecule has 0 radical (unpaired) electrons. The van der Waals surface area contributed by atoms with Crippen LogP contribution in [-0.2, 0) is 4.74 Å². The van der Waals surface area contributed by atoms with Gasteiger partial charge in [0.05, 0.1) is 23.9 Å². The SMILES string of the molecule is COC(=O)c1ccc(C(=O)Nc2ccc3c(c2)C(=O)Nc2cc(Cl)ccc2O3)cc1. The molecule has 2 N–H and O–H groups in total. The largest absolute Gasteiger partial charge is 0.465 e. The van der Waals surface area contributed by atoms with Gasteiger partial charge in [0.25, 0.3) is 11.8 Å². The third-order valence-electron chi connectivity index (χ3n) is 4.46. The summed E-state index contributed by atoms with van der Waals surface area (Å²) >= 11 is 5.99. The molecule has 0 aliphatic carbocycles. The van der Waals surface area contributed by atoms with Crippen molar-refractivity contribution in [3.8, 4) is 11.5 Å². The van der Waals surface area contributed by atoms with Crippen LogP contribution in [0.3, 0.4) is 0 Å². The van der Waals surface area contributed by atoms with Crippen molar-refractivity contribution in [1.29, 1.82) is 0 Å². The second-order valence-electron chi connectivity index (χ2n) is 6.43. The smallest absolute Gasteiger partial charge is 0.337 e. The number of nitrogens with one attached hydrogen (secondary N) is 2. The molecule has 0 bridgehead atoms. The molecule has 1 aliphatic heterocycles. The van der Waals surface area contributed by atoms with E-state index in [0.717, 1.165) is 0 Å². The van der Waals surface area contributed by atoms with E-state index in [1.807, 2.05) is 0 Å². The number of esters is 1. The number of carbonyl (C=O) groups excluding carboxylic acids is 3. The molecule has 30 heavy (non-hydrogen) atoms. The van der Waals surface area contributed by atoms with Gasteiger partial charge in [-0.1, -0.05) is 11.6 Å². The van der Waals surface area contributed by atoms with Gasteiger partial charge in [-0.05, 0) is 60.7 Å². The predicted octanol–water partition coefficient (Wildman–Crippen LogP) is 4.74. The van der Waals surface area contributed by atoms with E-state index in [4.69, 9.17) is 16.3 Å². The van der Waals surface area contributed by atoms with Crippen LogP contribution in [0.15, 0.2) is 60.7 Å². The summed E-state index contributed by atoms with van der Waals surface area (Å²) < 4.78 is 10.5. The van der Waals surface area contributed by atoms with E-state index in [1.165, 1.54) is 37.4 Å². The van der Waals surface area contributed by atoms with Gasteiger partial charge in [0.1, 0.15) is 5.75 Å². The molecule has 8 heteroatoms. The molecule has 2 amide bonds. The Kier molecular flexibility index (Phi) is 5.12. The minimum absolute atomic E-state index is 0.265. The maximum atomic E-state index is 12.6. The van der Waals surface area contributed by atoms with Gasteiger partial charge in [0.2, 0.25) is 0 Å². The van der Waals surface area contributed by atoms with E-state index in [-0.39, 0.29) is 11.5 Å². The molecule has 3 aromatic rings. The third-order valence-corrected chi connectivity index (χ3v) is 4.70. The third kappa shape index (κ3) is 3.83. The van der Waals surface area contributed by atoms with Gasteiger partial charge in [-0.3, -0.25) is 9.59 Å². The van der Waals surface area contributed by atoms with Crippen molar-refractivity contribution >= 4 is 40.8 Å². The number of hydrogen-bond acceptors (Lipinski definition) is 5. The summed E-state index contributed by atoms with van der Waals surface area (Å²) in [4.78, 5) is 36.7. The first-order valence-electron chi connectivity index (χ1n) is 8.87. The summed E-state index contributed by atoms with van der Waals surface area (Å²) in [5.74, 6) is -0.440. The van der Waals surface area contributed by atoms with Crippen molar-refractivity contribution in [2.24, 2.45) is 0 Å². The minimum Gasteiger partial charge on any atom is -0.465 e. The first-order valence-corrected chi connectivity index (χ1v) is 9.25. The Balaban J connectivity index is 1.55. The number of benzene rings is 3. The van der Waals surface area contributed by atoms with E-state index < -0.39 is 11.9 Å². The highest BCUT2D eigenvalue weighted by Gasteiger charge is 2.22. The quantitative estimate of drug-likeness (QED) is 0.595. The van der Waals surface area contributed by atoms with Gasteiger partial charge in [0, 0.05) is 16.3 Å². The maximum Gasteiger partial charge on any atom is 0.337 e. The van der Waals surface area contributed by atoms with E-state index >= 15 is 0 Å². The number of methoxy groups -OCH3 is 1. The van der Waals surface area contributed by atoms with Crippen LogP contribution in [0.2, 0.25) is 5.02 Å². The fourth-order valence-electron chi connectivity index (χ4n) is 2.95. The predicted molar refractivity (Wildman–Crippen MR) is 112 cm³/mol. The normalized spacial score (nSPS) is 11.9. The summed E-state index contributed by atoms with van der Waals surface area (Å²) in [6.07, 6.45) is 0. The summed E-state index contributed by atoms with van der Waals surface area (Å²) in [5.41, 5.74) is 1.83. The number of halogens is 1. The van der Waals surface area contributed by atoms with Crippen LogP contribution in [0.4, 0.5) is 11.4 Å². The van der Waals surface area contributed by atoms with Crippen molar-refractivity contribution in [2.75, 3.05) is 17.7 Å². The summed E-state index contributed by atoms with van der Waals surface area (Å²) in [6.45, 7) is 0. The monoisotopic (exact) mass is 422 g/mol. The maximum absolute atomic E-state index is 12.6. The molecule has 0 spiro atoms. The number of hydrogen-bond donors (Lipinski definition) is 2. The molecule has 1 heterocycles. The van der Waals surface area contributed by atoms with Crippen LogP contribution in [0, 0.1) is 0 Å². The molecular formula is C22H15ClN2O5. The zero-order valence-corrected chi connectivity index (χ0v) is 16.4. The van der Waals surface area contributed by atoms with Crippen LogP contribution < -0.4 is 15.4 Å². The van der Waals surface area contributed by atoms with Crippen LogP contribution in [-0.4, -0.2) is 24.9 Å². The van der Waals surface area contributed by atoms with Gasteiger partial charge in [-0.15, -0.1) is 0 Å². The number of carbonyl (C=O) groups is 3. The standard InChI is InChI=1S/C22H15ClN2O5/c1-29-22(28)13-4-2-12(3-5-13)20(26)24-15-7-9-18-16(11-15)21(27)25-17-10-14(23)6-8-19(17)30-18/h2-11H,1H3,(H,24,26)(H,25,27). The molecule has 0 saturated heterocycles. The molecule has 0 atom stereocenters. The molecule has 7 nitrogen and oxygen atoms in total. The Morgan fingerprint density at radius 3 is 2.40 bits per heavy atom. The van der Waals surface area contributed by atoms with Crippen LogP contribution in [0.1, 0.15) is 31.1 Å². The first kappa shape index (κ1) is 19.5. The second-order valence-corrected chi connectivity index (χ2v) is 6.87. The van der Waals surface area contributed by atoms with Gasteiger partial charge in [-0.25, -0.2) is 4.79 Å². The fraction of sp³-hybridized carbons (Fsp3) is 0.0455. The van der Waals surface area contributed by atoms with Crippen molar-refractivity contribution in [2.45, 2.75) is 0 Å². The fourth-order valence-corrected chi connectivity index (χ4v) is 3.12. The number of anilines is 2. The molecule has 0 fully saturated rings. The van der Waals surface area contributed by atoms with E-state index in [1.54, 1.807) is 30.3 Å². The molecule has 150 valence electrons. The van der Waals surface area contributed by atoms with Crippen LogP contribution in [0.5, 0.6) is 11.5 Å². The highest BCUT2D eigenvalue weighted by molar-refractivity contribution is 6.31. The lowest BCUT2D eigenvalue weighted by molar-refractivity contribution is 0.0600. The van der Waals surface area contributed by atoms with Gasteiger partial charge < -0.3 is 20.1 Å². The zero-order chi connectivity index (χ0) is 21.3.